The second-order valence-corrected chi connectivity index (χ2v) is 7.78. The Morgan fingerprint density at radius 1 is 1.56 bits per heavy atom. The van der Waals surface area contributed by atoms with Gasteiger partial charge in [0.1, 0.15) is 4.21 Å². The van der Waals surface area contributed by atoms with Crippen LogP contribution in [0, 0.1) is 6.92 Å². The van der Waals surface area contributed by atoms with E-state index < -0.39 is 10.0 Å². The van der Waals surface area contributed by atoms with Gasteiger partial charge in [-0.05, 0) is 37.9 Å². The fraction of sp³-hybridized carbons (Fsp3) is 0.600. The van der Waals surface area contributed by atoms with Crippen LogP contribution in [0.5, 0.6) is 0 Å². The van der Waals surface area contributed by atoms with Gasteiger partial charge in [0.15, 0.2) is 0 Å². The highest BCUT2D eigenvalue weighted by Crippen LogP contribution is 2.30. The fourth-order valence-electron chi connectivity index (χ4n) is 1.79. The number of hydrogen-bond acceptors (Lipinski definition) is 4. The number of rotatable bonds is 3. The summed E-state index contributed by atoms with van der Waals surface area (Å²) in [5, 5.41) is 3.18. The molecule has 1 unspecified atom stereocenters. The molecular formula is C10H16Cl2N2O2S2. The Bertz CT molecular complexity index is 476. The molecule has 1 aliphatic rings. The van der Waals surface area contributed by atoms with Crippen molar-refractivity contribution in [2.45, 2.75) is 30.0 Å². The van der Waals surface area contributed by atoms with Crippen LogP contribution in [0.4, 0.5) is 0 Å². The molecule has 0 aliphatic carbocycles. The molecule has 1 saturated heterocycles. The van der Waals surface area contributed by atoms with Gasteiger partial charge >= 0.3 is 0 Å². The summed E-state index contributed by atoms with van der Waals surface area (Å²) in [6.07, 6.45) is 1.88. The van der Waals surface area contributed by atoms with Crippen LogP contribution in [0.25, 0.3) is 0 Å². The van der Waals surface area contributed by atoms with Crippen LogP contribution in [0.3, 0.4) is 0 Å². The number of hydrogen-bond donors (Lipinski definition) is 2. The highest BCUT2D eigenvalue weighted by Gasteiger charge is 2.23. The average Bonchev–Trinajstić information content (AvgIpc) is 2.61. The number of sulfonamides is 1. The Labute approximate surface area is 123 Å². The van der Waals surface area contributed by atoms with Gasteiger partial charge in [-0.25, -0.2) is 13.1 Å². The zero-order valence-corrected chi connectivity index (χ0v) is 13.1. The van der Waals surface area contributed by atoms with Crippen LogP contribution in [-0.4, -0.2) is 27.5 Å². The third kappa shape index (κ3) is 3.82. The monoisotopic (exact) mass is 330 g/mol. The number of thiophene rings is 1. The van der Waals surface area contributed by atoms with Crippen molar-refractivity contribution in [3.63, 3.8) is 0 Å². The summed E-state index contributed by atoms with van der Waals surface area (Å²) in [6.45, 7) is 3.46. The third-order valence-corrected chi connectivity index (χ3v) is 6.27. The Hall–Kier alpha value is 0.150. The first-order valence-corrected chi connectivity index (χ1v) is 8.16. The van der Waals surface area contributed by atoms with E-state index in [1.165, 1.54) is 0 Å². The molecule has 104 valence electrons. The minimum absolute atomic E-state index is 0. The predicted molar refractivity (Wildman–Crippen MR) is 77.5 cm³/mol. The minimum atomic E-state index is -3.42. The van der Waals surface area contributed by atoms with Crippen LogP contribution in [0.1, 0.15) is 18.4 Å². The molecule has 8 heteroatoms. The first-order valence-electron chi connectivity index (χ1n) is 5.48. The molecular weight excluding hydrogens is 315 g/mol. The first-order chi connectivity index (χ1) is 7.99. The number of nitrogens with one attached hydrogen (secondary N) is 2. The summed E-state index contributed by atoms with van der Waals surface area (Å²) in [5.41, 5.74) is 0.804. The lowest BCUT2D eigenvalue weighted by Gasteiger charge is -2.23. The van der Waals surface area contributed by atoms with Crippen LogP contribution in [0.15, 0.2) is 10.3 Å². The van der Waals surface area contributed by atoms with Crippen molar-refractivity contribution in [2.75, 3.05) is 13.1 Å². The number of halogens is 2. The van der Waals surface area contributed by atoms with Crippen molar-refractivity contribution in [2.24, 2.45) is 0 Å². The molecule has 0 bridgehead atoms. The Morgan fingerprint density at radius 2 is 2.28 bits per heavy atom. The molecule has 18 heavy (non-hydrogen) atoms. The van der Waals surface area contributed by atoms with E-state index in [0.29, 0.717) is 15.1 Å². The summed E-state index contributed by atoms with van der Waals surface area (Å²) in [7, 11) is -3.42. The van der Waals surface area contributed by atoms with Gasteiger partial charge in [0.25, 0.3) is 0 Å². The Balaban J connectivity index is 0.00000162. The van der Waals surface area contributed by atoms with E-state index >= 15 is 0 Å². The van der Waals surface area contributed by atoms with E-state index in [2.05, 4.69) is 10.0 Å². The second kappa shape index (κ2) is 6.54. The van der Waals surface area contributed by atoms with Gasteiger partial charge < -0.3 is 5.32 Å². The largest absolute Gasteiger partial charge is 0.315 e. The number of aryl methyl sites for hydroxylation is 1. The summed E-state index contributed by atoms with van der Waals surface area (Å²) in [5.74, 6) is 0. The highest BCUT2D eigenvalue weighted by atomic mass is 35.5. The molecule has 4 nitrogen and oxygen atoms in total. The van der Waals surface area contributed by atoms with E-state index in [-0.39, 0.29) is 18.4 Å². The molecule has 1 fully saturated rings. The van der Waals surface area contributed by atoms with Gasteiger partial charge in [-0.3, -0.25) is 0 Å². The SMILES string of the molecule is Cc1cc(S(=O)(=O)NC2CCCNC2)sc1Cl.Cl. The normalized spacial score (nSPS) is 20.4. The second-order valence-electron chi connectivity index (χ2n) is 4.19. The molecule has 2 N–H and O–H groups in total. The predicted octanol–water partition coefficient (Wildman–Crippen LogP) is 2.16. The van der Waals surface area contributed by atoms with Crippen LogP contribution >= 0.6 is 35.3 Å². The van der Waals surface area contributed by atoms with Crippen molar-refractivity contribution in [1.82, 2.24) is 10.0 Å². The van der Waals surface area contributed by atoms with Crippen LogP contribution in [-0.2, 0) is 10.0 Å². The van der Waals surface area contributed by atoms with Crippen molar-refractivity contribution in [3.05, 3.63) is 16.0 Å². The molecule has 0 aromatic carbocycles. The zero-order valence-electron chi connectivity index (χ0n) is 9.90. The highest BCUT2D eigenvalue weighted by molar-refractivity contribution is 7.91. The molecule has 1 aromatic rings. The topological polar surface area (TPSA) is 58.2 Å². The third-order valence-electron chi connectivity index (χ3n) is 2.72. The first kappa shape index (κ1) is 16.2. The fourth-order valence-corrected chi connectivity index (χ4v) is 4.79. The van der Waals surface area contributed by atoms with Gasteiger partial charge in [-0.1, -0.05) is 11.6 Å². The average molecular weight is 331 g/mol. The van der Waals surface area contributed by atoms with Crippen molar-refractivity contribution in [3.8, 4) is 0 Å². The van der Waals surface area contributed by atoms with Gasteiger partial charge in [-0.15, -0.1) is 23.7 Å². The van der Waals surface area contributed by atoms with E-state index in [4.69, 9.17) is 11.6 Å². The summed E-state index contributed by atoms with van der Waals surface area (Å²) >= 11 is 7.00. The van der Waals surface area contributed by atoms with Crippen LogP contribution in [0.2, 0.25) is 4.34 Å². The molecule has 2 rings (SSSR count). The maximum absolute atomic E-state index is 12.1. The van der Waals surface area contributed by atoms with Crippen LogP contribution < -0.4 is 10.0 Å². The van der Waals surface area contributed by atoms with Gasteiger partial charge in [0.05, 0.1) is 4.34 Å². The van der Waals surface area contributed by atoms with E-state index in [1.807, 2.05) is 0 Å². The maximum Gasteiger partial charge on any atom is 0.250 e. The quantitative estimate of drug-likeness (QED) is 0.892. The lowest BCUT2D eigenvalue weighted by molar-refractivity contribution is 0.429. The van der Waals surface area contributed by atoms with Crippen molar-refractivity contribution >= 4 is 45.4 Å². The Morgan fingerprint density at radius 3 is 2.78 bits per heavy atom. The molecule has 0 amide bonds. The van der Waals surface area contributed by atoms with Crippen molar-refractivity contribution in [1.29, 1.82) is 0 Å². The maximum atomic E-state index is 12.1. The van der Waals surface area contributed by atoms with Gasteiger partial charge in [0.2, 0.25) is 10.0 Å². The van der Waals surface area contributed by atoms with E-state index in [0.717, 1.165) is 36.3 Å². The molecule has 0 spiro atoms. The molecule has 1 aromatic heterocycles. The lowest BCUT2D eigenvalue weighted by Crippen LogP contribution is -2.45. The Kier molecular flexibility index (Phi) is 5.89. The van der Waals surface area contributed by atoms with Gasteiger partial charge in [-0.2, -0.15) is 0 Å². The standard InChI is InChI=1S/C10H15ClN2O2S2.ClH/c1-7-5-9(16-10(7)11)17(14,15)13-8-3-2-4-12-6-8;/h5,8,12-13H,2-4,6H2,1H3;1H. The molecule has 2 heterocycles. The van der Waals surface area contributed by atoms with Crippen molar-refractivity contribution < 1.29 is 8.42 Å². The smallest absolute Gasteiger partial charge is 0.250 e. The zero-order chi connectivity index (χ0) is 12.5. The van der Waals surface area contributed by atoms with Gasteiger partial charge in [0, 0.05) is 12.6 Å². The molecule has 0 radical (unpaired) electrons. The summed E-state index contributed by atoms with van der Waals surface area (Å²) in [4.78, 5) is 0. The lowest BCUT2D eigenvalue weighted by atomic mass is 10.1. The molecule has 1 aliphatic heterocycles. The minimum Gasteiger partial charge on any atom is -0.315 e. The van der Waals surface area contributed by atoms with E-state index in [9.17, 15) is 8.42 Å². The molecule has 0 saturated carbocycles. The molecule has 1 atom stereocenters. The van der Waals surface area contributed by atoms with E-state index in [1.54, 1.807) is 13.0 Å². The number of piperidine rings is 1. The summed E-state index contributed by atoms with van der Waals surface area (Å²) in [6, 6.07) is 1.60. The summed E-state index contributed by atoms with van der Waals surface area (Å²) < 4.78 is 27.7.